The number of nitrogens with one attached hydrogen (secondary N) is 1. The number of benzene rings is 4. The average molecular weight is 538 g/mol. The number of nitrogens with zero attached hydrogens (tertiary/aromatic N) is 1. The summed E-state index contributed by atoms with van der Waals surface area (Å²) < 4.78 is 19.5. The van der Waals surface area contributed by atoms with E-state index in [1.54, 1.807) is 29.2 Å². The van der Waals surface area contributed by atoms with Crippen molar-refractivity contribution >= 4 is 33.6 Å². The summed E-state index contributed by atoms with van der Waals surface area (Å²) in [6, 6.07) is 23.0. The fourth-order valence-electron chi connectivity index (χ4n) is 5.64. The average Bonchev–Trinajstić information content (AvgIpc) is 3.35. The molecule has 4 N–H and O–H groups in total. The van der Waals surface area contributed by atoms with Gasteiger partial charge < -0.3 is 25.5 Å². The third-order valence-corrected chi connectivity index (χ3v) is 7.89. The number of nitrogens with two attached hydrogens (primary N) is 1. The van der Waals surface area contributed by atoms with Crippen molar-refractivity contribution in [2.75, 3.05) is 20.2 Å². The molecule has 202 valence electrons. The van der Waals surface area contributed by atoms with Crippen LogP contribution in [0.25, 0.3) is 32.9 Å². The van der Waals surface area contributed by atoms with Gasteiger partial charge in [-0.15, -0.1) is 0 Å². The molecule has 7 nitrogen and oxygen atoms in total. The Bertz CT molecular complexity index is 1770. The van der Waals surface area contributed by atoms with Gasteiger partial charge in [0.15, 0.2) is 11.6 Å². The number of aromatic nitrogens is 1. The highest BCUT2D eigenvalue weighted by Crippen LogP contribution is 2.36. The van der Waals surface area contributed by atoms with E-state index < -0.39 is 17.3 Å². The van der Waals surface area contributed by atoms with Crippen molar-refractivity contribution < 1.29 is 23.8 Å². The van der Waals surface area contributed by atoms with E-state index >= 15 is 0 Å². The summed E-state index contributed by atoms with van der Waals surface area (Å²) >= 11 is 0. The van der Waals surface area contributed by atoms with Gasteiger partial charge in [-0.25, -0.2) is 4.39 Å². The minimum Gasteiger partial charge on any atom is -0.494 e. The quantitative estimate of drug-likeness (QED) is 0.281. The highest BCUT2D eigenvalue weighted by Gasteiger charge is 2.35. The largest absolute Gasteiger partial charge is 0.494 e. The van der Waals surface area contributed by atoms with Gasteiger partial charge in [0.1, 0.15) is 0 Å². The monoisotopic (exact) mass is 537 g/mol. The van der Waals surface area contributed by atoms with Gasteiger partial charge in [-0.2, -0.15) is 0 Å². The molecule has 8 heteroatoms. The van der Waals surface area contributed by atoms with Gasteiger partial charge in [0.25, 0.3) is 11.8 Å². The number of ether oxygens (including phenoxy) is 1. The minimum absolute atomic E-state index is 0.120. The lowest BCUT2D eigenvalue weighted by Gasteiger charge is -2.38. The molecular formula is C32H28FN3O4. The Labute approximate surface area is 230 Å². The van der Waals surface area contributed by atoms with Crippen LogP contribution in [0, 0.1) is 5.82 Å². The number of aliphatic hydroxyl groups is 1. The molecule has 0 radical (unpaired) electrons. The molecule has 1 fully saturated rings. The Morgan fingerprint density at radius 3 is 2.38 bits per heavy atom. The molecule has 0 saturated carbocycles. The highest BCUT2D eigenvalue weighted by molar-refractivity contribution is 6.17. The van der Waals surface area contributed by atoms with Crippen LogP contribution >= 0.6 is 0 Å². The van der Waals surface area contributed by atoms with Crippen LogP contribution in [0.2, 0.25) is 0 Å². The van der Waals surface area contributed by atoms with Crippen molar-refractivity contribution in [1.29, 1.82) is 0 Å². The summed E-state index contributed by atoms with van der Waals surface area (Å²) in [6.07, 6.45) is 0.893. The molecular weight excluding hydrogens is 509 g/mol. The number of primary amides is 1. The molecule has 0 spiro atoms. The number of methoxy groups -OCH3 is 1. The number of carbonyl (C=O) groups excluding carboxylic acids is 2. The number of halogens is 1. The number of hydrogen-bond donors (Lipinski definition) is 3. The van der Waals surface area contributed by atoms with Crippen molar-refractivity contribution in [3.05, 3.63) is 101 Å². The van der Waals surface area contributed by atoms with Gasteiger partial charge in [0.05, 0.1) is 23.8 Å². The van der Waals surface area contributed by atoms with E-state index in [1.807, 2.05) is 42.5 Å². The molecule has 2 heterocycles. The third-order valence-electron chi connectivity index (χ3n) is 7.89. The number of aromatic amines is 1. The summed E-state index contributed by atoms with van der Waals surface area (Å²) in [5, 5.41) is 12.6. The fraction of sp³-hybridized carbons (Fsp3) is 0.188. The molecule has 1 aromatic heterocycles. The molecule has 1 aliphatic heterocycles. The van der Waals surface area contributed by atoms with Gasteiger partial charge in [0.2, 0.25) is 0 Å². The van der Waals surface area contributed by atoms with Crippen LogP contribution in [0.3, 0.4) is 0 Å². The Morgan fingerprint density at radius 2 is 1.70 bits per heavy atom. The van der Waals surface area contributed by atoms with Crippen LogP contribution in [-0.4, -0.2) is 47.0 Å². The van der Waals surface area contributed by atoms with Crippen LogP contribution in [-0.2, 0) is 5.60 Å². The van der Waals surface area contributed by atoms with E-state index in [0.29, 0.717) is 53.5 Å². The van der Waals surface area contributed by atoms with Crippen LogP contribution in [0.1, 0.15) is 39.1 Å². The van der Waals surface area contributed by atoms with Crippen molar-refractivity contribution in [2.24, 2.45) is 5.73 Å². The van der Waals surface area contributed by atoms with Crippen LogP contribution in [0.4, 0.5) is 4.39 Å². The normalized spacial score (nSPS) is 14.9. The standard InChI is InChI=1S/C32H28FN3O4/c1-40-28-10-8-19(18-26(28)33)21-16-24-23-15-20(7-9-27(23)35-29(24)25(17-21)30(34)37)31(38)36-13-11-32(39,12-14-36)22-5-3-2-4-6-22/h2-10,15-18,35,39H,11-14H2,1H3,(H2,34,37). The number of piperidine rings is 1. The predicted molar refractivity (Wildman–Crippen MR) is 152 cm³/mol. The maximum absolute atomic E-state index is 14.5. The van der Waals surface area contributed by atoms with E-state index in [0.717, 1.165) is 16.5 Å². The second-order valence-corrected chi connectivity index (χ2v) is 10.2. The van der Waals surface area contributed by atoms with Crippen molar-refractivity contribution in [3.63, 3.8) is 0 Å². The first kappa shape index (κ1) is 25.6. The van der Waals surface area contributed by atoms with Crippen molar-refractivity contribution in [2.45, 2.75) is 18.4 Å². The molecule has 0 unspecified atom stereocenters. The zero-order valence-corrected chi connectivity index (χ0v) is 21.9. The lowest BCUT2D eigenvalue weighted by Crippen LogP contribution is -2.45. The SMILES string of the molecule is COc1ccc(-c2cc(C(N)=O)c3[nH]c4ccc(C(=O)N5CCC(O)(c6ccccc6)CC5)cc4c3c2)cc1F. The topological polar surface area (TPSA) is 109 Å². The Balaban J connectivity index is 1.36. The zero-order chi connectivity index (χ0) is 28.0. The van der Waals surface area contributed by atoms with Crippen molar-refractivity contribution in [3.8, 4) is 16.9 Å². The molecule has 6 rings (SSSR count). The fourth-order valence-corrected chi connectivity index (χ4v) is 5.64. The van der Waals surface area contributed by atoms with E-state index in [-0.39, 0.29) is 17.2 Å². The van der Waals surface area contributed by atoms with Gasteiger partial charge >= 0.3 is 0 Å². The molecule has 0 bridgehead atoms. The summed E-state index contributed by atoms with van der Waals surface area (Å²) in [4.78, 5) is 30.9. The lowest BCUT2D eigenvalue weighted by molar-refractivity contribution is -0.0211. The first-order valence-corrected chi connectivity index (χ1v) is 13.1. The second kappa shape index (κ2) is 9.81. The zero-order valence-electron chi connectivity index (χ0n) is 21.9. The first-order valence-electron chi connectivity index (χ1n) is 13.1. The third kappa shape index (κ3) is 4.36. The van der Waals surface area contributed by atoms with Crippen LogP contribution in [0.15, 0.2) is 78.9 Å². The number of fused-ring (bicyclic) bond motifs is 3. The van der Waals surface area contributed by atoms with Gasteiger partial charge in [-0.3, -0.25) is 9.59 Å². The molecule has 4 aromatic carbocycles. The molecule has 5 aromatic rings. The molecule has 1 aliphatic rings. The van der Waals surface area contributed by atoms with E-state index in [9.17, 15) is 19.1 Å². The lowest BCUT2D eigenvalue weighted by atomic mass is 9.84. The summed E-state index contributed by atoms with van der Waals surface area (Å²) in [7, 11) is 1.40. The molecule has 0 atom stereocenters. The molecule has 2 amide bonds. The summed E-state index contributed by atoms with van der Waals surface area (Å²) in [5.74, 6) is -1.15. The van der Waals surface area contributed by atoms with Crippen molar-refractivity contribution in [1.82, 2.24) is 9.88 Å². The number of amides is 2. The minimum atomic E-state index is -0.957. The van der Waals surface area contributed by atoms with Crippen LogP contribution < -0.4 is 10.5 Å². The predicted octanol–water partition coefficient (Wildman–Crippen LogP) is 5.36. The van der Waals surface area contributed by atoms with E-state index in [1.165, 1.54) is 19.2 Å². The smallest absolute Gasteiger partial charge is 0.253 e. The molecule has 0 aliphatic carbocycles. The number of carbonyl (C=O) groups is 2. The number of likely N-dealkylation sites (tertiary alicyclic amines) is 1. The van der Waals surface area contributed by atoms with Gasteiger partial charge in [0, 0.05) is 34.9 Å². The van der Waals surface area contributed by atoms with Crippen LogP contribution in [0.5, 0.6) is 5.75 Å². The van der Waals surface area contributed by atoms with E-state index in [4.69, 9.17) is 10.5 Å². The van der Waals surface area contributed by atoms with Gasteiger partial charge in [-0.05, 0) is 72.0 Å². The maximum Gasteiger partial charge on any atom is 0.253 e. The second-order valence-electron chi connectivity index (χ2n) is 10.2. The van der Waals surface area contributed by atoms with E-state index in [2.05, 4.69) is 4.98 Å². The Kier molecular flexibility index (Phi) is 6.27. The summed E-state index contributed by atoms with van der Waals surface area (Å²) in [5.41, 5.74) is 8.86. The highest BCUT2D eigenvalue weighted by atomic mass is 19.1. The number of hydrogen-bond acceptors (Lipinski definition) is 4. The maximum atomic E-state index is 14.5. The number of H-pyrrole nitrogens is 1. The molecule has 1 saturated heterocycles. The first-order chi connectivity index (χ1) is 19.3. The molecule has 40 heavy (non-hydrogen) atoms. The Hall–Kier alpha value is -4.69. The Morgan fingerprint density at radius 1 is 0.950 bits per heavy atom. The summed E-state index contributed by atoms with van der Waals surface area (Å²) in [6.45, 7) is 0.851. The van der Waals surface area contributed by atoms with Gasteiger partial charge in [-0.1, -0.05) is 36.4 Å². The number of rotatable bonds is 5.